The molecule has 1 aromatic rings. The summed E-state index contributed by atoms with van der Waals surface area (Å²) in [6, 6.07) is 5.40. The smallest absolute Gasteiger partial charge is 0.409 e. The molecule has 0 aliphatic carbocycles. The van der Waals surface area contributed by atoms with Gasteiger partial charge < -0.3 is 19.5 Å². The van der Waals surface area contributed by atoms with E-state index >= 15 is 0 Å². The Labute approximate surface area is 245 Å². The molecule has 1 aliphatic rings. The molecule has 0 saturated carbocycles. The van der Waals surface area contributed by atoms with Crippen molar-refractivity contribution in [3.8, 4) is 5.75 Å². The SMILES string of the molecule is CC.CC=O.CCCC.CCCC(C)CC.CCOC(=O)N1CCCC(C)CC1.Cc1ccc(O)c(Br)c1. The number of rotatable bonds is 5. The summed E-state index contributed by atoms with van der Waals surface area (Å²) in [7, 11) is 0. The number of ether oxygens (including phenoxy) is 1. The predicted molar refractivity (Wildman–Crippen MR) is 170 cm³/mol. The van der Waals surface area contributed by atoms with Crippen LogP contribution in [0.4, 0.5) is 4.79 Å². The van der Waals surface area contributed by atoms with Gasteiger partial charge in [-0.25, -0.2) is 4.79 Å². The number of phenolic OH excluding ortho intramolecular Hbond substituents is 1. The van der Waals surface area contributed by atoms with Crippen LogP contribution in [0.25, 0.3) is 0 Å². The normalized spacial score (nSPS) is 14.3. The summed E-state index contributed by atoms with van der Waals surface area (Å²) in [4.78, 5) is 22.0. The fourth-order valence-electron chi connectivity index (χ4n) is 2.97. The molecule has 1 heterocycles. The highest BCUT2D eigenvalue weighted by Gasteiger charge is 2.18. The quantitative estimate of drug-likeness (QED) is 0.340. The summed E-state index contributed by atoms with van der Waals surface area (Å²) in [6.45, 7) is 24.9. The van der Waals surface area contributed by atoms with Gasteiger partial charge in [0, 0.05) is 13.1 Å². The summed E-state index contributed by atoms with van der Waals surface area (Å²) < 4.78 is 5.71. The topological polar surface area (TPSA) is 66.8 Å². The first-order valence-electron chi connectivity index (χ1n) is 14.8. The molecule has 1 fully saturated rings. The van der Waals surface area contributed by atoms with Crippen molar-refractivity contribution in [1.82, 2.24) is 4.90 Å². The van der Waals surface area contributed by atoms with Crippen molar-refractivity contribution in [3.05, 3.63) is 28.2 Å². The molecule has 0 bridgehead atoms. The van der Waals surface area contributed by atoms with Gasteiger partial charge in [0.25, 0.3) is 0 Å². The molecule has 2 unspecified atom stereocenters. The lowest BCUT2D eigenvalue weighted by molar-refractivity contribution is -0.106. The molecule has 5 nitrogen and oxygen atoms in total. The van der Waals surface area contributed by atoms with Crippen LogP contribution in [-0.4, -0.2) is 42.1 Å². The van der Waals surface area contributed by atoms with Gasteiger partial charge in [-0.3, -0.25) is 0 Å². The highest BCUT2D eigenvalue weighted by Crippen LogP contribution is 2.23. The van der Waals surface area contributed by atoms with Crippen LogP contribution < -0.4 is 0 Å². The summed E-state index contributed by atoms with van der Waals surface area (Å²) in [5.74, 6) is 1.99. The summed E-state index contributed by atoms with van der Waals surface area (Å²) in [5.41, 5.74) is 1.14. The Morgan fingerprint density at radius 1 is 1.11 bits per heavy atom. The average molecular weight is 605 g/mol. The van der Waals surface area contributed by atoms with Crippen LogP contribution in [0, 0.1) is 18.8 Å². The summed E-state index contributed by atoms with van der Waals surface area (Å²) >= 11 is 3.20. The van der Waals surface area contributed by atoms with Crippen molar-refractivity contribution in [2.75, 3.05) is 19.7 Å². The molecule has 2 atom stereocenters. The molecule has 2 rings (SSSR count). The van der Waals surface area contributed by atoms with Crippen LogP contribution >= 0.6 is 15.9 Å². The van der Waals surface area contributed by atoms with Crippen molar-refractivity contribution >= 4 is 28.3 Å². The predicted octanol–water partition coefficient (Wildman–Crippen LogP) is 10.6. The molecule has 0 aromatic heterocycles. The third kappa shape index (κ3) is 30.7. The van der Waals surface area contributed by atoms with Gasteiger partial charge in [-0.1, -0.05) is 93.6 Å². The highest BCUT2D eigenvalue weighted by atomic mass is 79.9. The van der Waals surface area contributed by atoms with Gasteiger partial charge in [-0.05, 0) is 85.5 Å². The third-order valence-corrected chi connectivity index (χ3v) is 6.26. The Bertz CT molecular complexity index is 638. The Kier molecular flexibility index (Phi) is 38.3. The second-order valence-corrected chi connectivity index (χ2v) is 10.1. The maximum absolute atomic E-state index is 11.4. The molecule has 1 amide bonds. The molecular weight excluding hydrogens is 542 g/mol. The monoisotopic (exact) mass is 603 g/mol. The lowest BCUT2D eigenvalue weighted by Gasteiger charge is -2.19. The van der Waals surface area contributed by atoms with Gasteiger partial charge in [0.15, 0.2) is 0 Å². The Hall–Kier alpha value is -1.56. The van der Waals surface area contributed by atoms with Crippen LogP contribution in [0.5, 0.6) is 5.75 Å². The highest BCUT2D eigenvalue weighted by molar-refractivity contribution is 9.10. The Balaban J connectivity index is -0.000000203. The number of aryl methyl sites for hydroxylation is 1. The Morgan fingerprint density at radius 3 is 2.03 bits per heavy atom. The van der Waals surface area contributed by atoms with E-state index in [4.69, 9.17) is 14.6 Å². The van der Waals surface area contributed by atoms with E-state index in [1.165, 1.54) is 45.4 Å². The number of nitrogens with zero attached hydrogens (tertiary/aromatic N) is 1. The van der Waals surface area contributed by atoms with E-state index in [0.29, 0.717) is 12.4 Å². The van der Waals surface area contributed by atoms with Gasteiger partial charge in [0.05, 0.1) is 11.1 Å². The summed E-state index contributed by atoms with van der Waals surface area (Å²) in [6.07, 6.45) is 10.8. The number of hydrogen-bond donors (Lipinski definition) is 1. The molecule has 1 saturated heterocycles. The van der Waals surface area contributed by atoms with E-state index in [9.17, 15) is 4.79 Å². The van der Waals surface area contributed by atoms with Gasteiger partial charge >= 0.3 is 6.09 Å². The second-order valence-electron chi connectivity index (χ2n) is 9.21. The number of carbonyl (C=O) groups excluding carboxylic acids is 2. The maximum Gasteiger partial charge on any atom is 0.409 e. The Morgan fingerprint density at radius 2 is 1.66 bits per heavy atom. The molecule has 38 heavy (non-hydrogen) atoms. The van der Waals surface area contributed by atoms with Gasteiger partial charge in [0.1, 0.15) is 12.0 Å². The first-order valence-corrected chi connectivity index (χ1v) is 15.6. The van der Waals surface area contributed by atoms with Gasteiger partial charge in [-0.15, -0.1) is 0 Å². The zero-order valence-corrected chi connectivity index (χ0v) is 28.3. The zero-order valence-electron chi connectivity index (χ0n) is 26.7. The number of phenols is 1. The number of amides is 1. The van der Waals surface area contributed by atoms with Gasteiger partial charge in [-0.2, -0.15) is 0 Å². The number of benzene rings is 1. The maximum atomic E-state index is 11.4. The average Bonchev–Trinajstić information content (AvgIpc) is 3.13. The molecule has 0 spiro atoms. The molecule has 226 valence electrons. The number of halogens is 1. The summed E-state index contributed by atoms with van der Waals surface area (Å²) in [5, 5.41) is 9.00. The first-order chi connectivity index (χ1) is 18.1. The van der Waals surface area contributed by atoms with Crippen LogP contribution in [0.3, 0.4) is 0 Å². The van der Waals surface area contributed by atoms with Crippen LogP contribution in [-0.2, 0) is 9.53 Å². The fourth-order valence-corrected chi connectivity index (χ4v) is 3.46. The molecular formula is C32H62BrNO4. The van der Waals surface area contributed by atoms with E-state index in [1.54, 1.807) is 6.07 Å². The molecule has 1 aliphatic heterocycles. The minimum atomic E-state index is -0.142. The van der Waals surface area contributed by atoms with Crippen LogP contribution in [0.15, 0.2) is 22.7 Å². The minimum Gasteiger partial charge on any atom is -0.507 e. The van der Waals surface area contributed by atoms with Crippen LogP contribution in [0.2, 0.25) is 0 Å². The van der Waals surface area contributed by atoms with E-state index in [0.717, 1.165) is 54.1 Å². The number of unbranched alkanes of at least 4 members (excludes halogenated alkanes) is 1. The van der Waals surface area contributed by atoms with Crippen LogP contribution in [0.1, 0.15) is 126 Å². The van der Waals surface area contributed by atoms with Crippen molar-refractivity contribution in [2.45, 2.75) is 128 Å². The van der Waals surface area contributed by atoms with E-state index in [1.807, 2.05) is 44.7 Å². The molecule has 1 N–H and O–H groups in total. The third-order valence-electron chi connectivity index (χ3n) is 5.62. The number of aromatic hydroxyl groups is 1. The lowest BCUT2D eigenvalue weighted by Crippen LogP contribution is -2.32. The van der Waals surface area contributed by atoms with Crippen molar-refractivity contribution in [3.63, 3.8) is 0 Å². The largest absolute Gasteiger partial charge is 0.507 e. The standard InChI is InChI=1S/C10H19NO2.C7H7BrO.C7H16.C4H10.C2H4O.C2H6/c1-3-13-10(12)11-7-4-5-9(2)6-8-11;1-5-2-3-7(9)6(8)4-5;1-4-6-7(3)5-2;1-3-4-2;1-2-3;1-2/h9H,3-8H2,1-2H3;2-4,9H,1H3;7H,4-6H2,1-3H3;3-4H2,1-2H3;2H,1H3;1-2H3. The van der Waals surface area contributed by atoms with Crippen molar-refractivity contribution < 1.29 is 19.4 Å². The van der Waals surface area contributed by atoms with E-state index < -0.39 is 0 Å². The van der Waals surface area contributed by atoms with Gasteiger partial charge in [0.2, 0.25) is 0 Å². The first kappa shape index (κ1) is 43.5. The second kappa shape index (κ2) is 33.5. The zero-order chi connectivity index (χ0) is 30.4. The van der Waals surface area contributed by atoms with E-state index in [-0.39, 0.29) is 6.09 Å². The van der Waals surface area contributed by atoms with Crippen molar-refractivity contribution in [2.24, 2.45) is 11.8 Å². The van der Waals surface area contributed by atoms with Crippen molar-refractivity contribution in [1.29, 1.82) is 0 Å². The number of aldehydes is 1. The number of likely N-dealkylation sites (tertiary alicyclic amines) is 1. The lowest BCUT2D eigenvalue weighted by atomic mass is 10.0. The molecule has 6 heteroatoms. The number of carbonyl (C=O) groups is 2. The number of hydrogen-bond acceptors (Lipinski definition) is 4. The molecule has 0 radical (unpaired) electrons. The van der Waals surface area contributed by atoms with E-state index in [2.05, 4.69) is 57.5 Å². The fraction of sp³-hybridized carbons (Fsp3) is 0.750. The molecule has 1 aromatic carbocycles. The minimum absolute atomic E-state index is 0.142.